The number of hydrogen-bond donors (Lipinski definition) is 1. The molecule has 1 heterocycles. The van der Waals surface area contributed by atoms with Gasteiger partial charge in [0.15, 0.2) is 5.78 Å². The highest BCUT2D eigenvalue weighted by Gasteiger charge is 2.15. The van der Waals surface area contributed by atoms with Crippen molar-refractivity contribution < 1.29 is 9.90 Å². The van der Waals surface area contributed by atoms with Crippen molar-refractivity contribution in [1.82, 2.24) is 9.78 Å². The number of Topliss-reactive ketones (excluding diaryl/α,β-unsaturated/α-hetero) is 1. The van der Waals surface area contributed by atoms with Gasteiger partial charge in [0.05, 0.1) is 10.7 Å². The van der Waals surface area contributed by atoms with Crippen LogP contribution < -0.4 is 0 Å². The van der Waals surface area contributed by atoms with Gasteiger partial charge in [0.25, 0.3) is 0 Å². The third-order valence-corrected chi connectivity index (χ3v) is 2.50. The van der Waals surface area contributed by atoms with Gasteiger partial charge in [0.1, 0.15) is 5.69 Å². The van der Waals surface area contributed by atoms with Gasteiger partial charge in [0, 0.05) is 19.6 Å². The summed E-state index contributed by atoms with van der Waals surface area (Å²) in [4.78, 5) is 11.7. The number of carbonyl (C=O) groups excluding carboxylic acids is 1. The number of ketones is 1. The van der Waals surface area contributed by atoms with Gasteiger partial charge in [-0.3, -0.25) is 9.48 Å². The van der Waals surface area contributed by atoms with Gasteiger partial charge in [-0.1, -0.05) is 0 Å². The molecule has 1 aromatic heterocycles. The minimum absolute atomic E-state index is 0.0188. The lowest BCUT2D eigenvalue weighted by Crippen LogP contribution is -2.10. The molecule has 78 valence electrons. The van der Waals surface area contributed by atoms with Crippen molar-refractivity contribution >= 4 is 21.7 Å². The molecule has 0 aliphatic heterocycles. The SMILES string of the molecule is CCn1ncc(Br)c1C(=O)CCCO. The molecule has 0 spiro atoms. The topological polar surface area (TPSA) is 55.1 Å². The number of aliphatic hydroxyl groups excluding tert-OH is 1. The van der Waals surface area contributed by atoms with Crippen LogP contribution in [0.1, 0.15) is 30.3 Å². The second kappa shape index (κ2) is 5.26. The van der Waals surface area contributed by atoms with Gasteiger partial charge >= 0.3 is 0 Å². The Kier molecular flexibility index (Phi) is 4.28. The number of rotatable bonds is 5. The van der Waals surface area contributed by atoms with E-state index < -0.39 is 0 Å². The maximum Gasteiger partial charge on any atom is 0.182 e. The second-order valence-corrected chi connectivity index (χ2v) is 3.76. The Labute approximate surface area is 91.1 Å². The standard InChI is InChI=1S/C9H13BrN2O2/c1-2-12-9(7(10)6-11-12)8(14)4-3-5-13/h6,13H,2-5H2,1H3. The fraction of sp³-hybridized carbons (Fsp3) is 0.556. The van der Waals surface area contributed by atoms with E-state index in [1.807, 2.05) is 6.92 Å². The Bertz CT molecular complexity index is 323. The first kappa shape index (κ1) is 11.4. The summed E-state index contributed by atoms with van der Waals surface area (Å²) in [6, 6.07) is 0. The van der Waals surface area contributed by atoms with Crippen LogP contribution in [0.3, 0.4) is 0 Å². The minimum Gasteiger partial charge on any atom is -0.396 e. The molecule has 0 fully saturated rings. The van der Waals surface area contributed by atoms with Crippen LogP contribution in [0.2, 0.25) is 0 Å². The van der Waals surface area contributed by atoms with E-state index in [-0.39, 0.29) is 12.4 Å². The Hall–Kier alpha value is -0.680. The van der Waals surface area contributed by atoms with Crippen molar-refractivity contribution in [3.63, 3.8) is 0 Å². The molecule has 4 nitrogen and oxygen atoms in total. The molecule has 0 atom stereocenters. The average molecular weight is 261 g/mol. The molecular formula is C9H13BrN2O2. The molecule has 5 heteroatoms. The average Bonchev–Trinajstić information content (AvgIpc) is 2.56. The Morgan fingerprint density at radius 1 is 1.71 bits per heavy atom. The van der Waals surface area contributed by atoms with Crippen LogP contribution >= 0.6 is 15.9 Å². The molecule has 0 bridgehead atoms. The van der Waals surface area contributed by atoms with Crippen molar-refractivity contribution in [2.24, 2.45) is 0 Å². The van der Waals surface area contributed by atoms with Crippen LogP contribution in [0.15, 0.2) is 10.7 Å². The van der Waals surface area contributed by atoms with Gasteiger partial charge < -0.3 is 5.11 Å². The first-order valence-electron chi connectivity index (χ1n) is 4.56. The van der Waals surface area contributed by atoms with Crippen molar-refractivity contribution in [1.29, 1.82) is 0 Å². The van der Waals surface area contributed by atoms with Crippen molar-refractivity contribution in [2.75, 3.05) is 6.61 Å². The number of nitrogens with zero attached hydrogens (tertiary/aromatic N) is 2. The van der Waals surface area contributed by atoms with Crippen LogP contribution in [-0.4, -0.2) is 27.3 Å². The summed E-state index contributed by atoms with van der Waals surface area (Å²) in [5.74, 6) is 0.0188. The molecule has 0 saturated heterocycles. The van der Waals surface area contributed by atoms with Gasteiger partial charge in [0.2, 0.25) is 0 Å². The lowest BCUT2D eigenvalue weighted by Gasteiger charge is -2.03. The largest absolute Gasteiger partial charge is 0.396 e. The van der Waals surface area contributed by atoms with E-state index >= 15 is 0 Å². The Morgan fingerprint density at radius 2 is 2.43 bits per heavy atom. The molecule has 0 amide bonds. The number of aliphatic hydroxyl groups is 1. The van der Waals surface area contributed by atoms with E-state index in [0.717, 1.165) is 4.47 Å². The van der Waals surface area contributed by atoms with Gasteiger partial charge in [-0.2, -0.15) is 5.10 Å². The molecule has 0 radical (unpaired) electrons. The molecule has 0 unspecified atom stereocenters. The molecule has 1 aromatic rings. The summed E-state index contributed by atoms with van der Waals surface area (Å²) < 4.78 is 2.38. The fourth-order valence-corrected chi connectivity index (χ4v) is 1.75. The summed E-state index contributed by atoms with van der Waals surface area (Å²) >= 11 is 3.28. The number of aromatic nitrogens is 2. The van der Waals surface area contributed by atoms with E-state index in [9.17, 15) is 4.79 Å². The number of hydrogen-bond acceptors (Lipinski definition) is 3. The number of carbonyl (C=O) groups is 1. The quantitative estimate of drug-likeness (QED) is 0.819. The highest BCUT2D eigenvalue weighted by Crippen LogP contribution is 2.18. The first-order valence-corrected chi connectivity index (χ1v) is 5.35. The van der Waals surface area contributed by atoms with Crippen molar-refractivity contribution in [2.45, 2.75) is 26.3 Å². The normalized spacial score (nSPS) is 10.5. The monoisotopic (exact) mass is 260 g/mol. The van der Waals surface area contributed by atoms with Crippen LogP contribution in [0.5, 0.6) is 0 Å². The van der Waals surface area contributed by atoms with E-state index in [2.05, 4.69) is 21.0 Å². The van der Waals surface area contributed by atoms with Crippen LogP contribution in [0.25, 0.3) is 0 Å². The first-order chi connectivity index (χ1) is 6.70. The Morgan fingerprint density at radius 3 is 3.00 bits per heavy atom. The Balaban J connectivity index is 2.82. The third-order valence-electron chi connectivity index (χ3n) is 1.92. The maximum atomic E-state index is 11.7. The van der Waals surface area contributed by atoms with Crippen LogP contribution in [0.4, 0.5) is 0 Å². The van der Waals surface area contributed by atoms with E-state index in [1.165, 1.54) is 0 Å². The molecule has 1 rings (SSSR count). The number of halogens is 1. The molecule has 0 aliphatic carbocycles. The zero-order valence-electron chi connectivity index (χ0n) is 8.03. The summed E-state index contributed by atoms with van der Waals surface area (Å²) in [6.07, 6.45) is 2.48. The van der Waals surface area contributed by atoms with Gasteiger partial charge in [-0.05, 0) is 29.3 Å². The predicted octanol–water partition coefficient (Wildman–Crippen LogP) is 1.62. The summed E-state index contributed by atoms with van der Waals surface area (Å²) in [7, 11) is 0. The lowest BCUT2D eigenvalue weighted by atomic mass is 10.2. The lowest BCUT2D eigenvalue weighted by molar-refractivity contribution is 0.0960. The molecule has 0 aliphatic rings. The van der Waals surface area contributed by atoms with E-state index in [1.54, 1.807) is 10.9 Å². The molecule has 14 heavy (non-hydrogen) atoms. The summed E-state index contributed by atoms with van der Waals surface area (Å²) in [5, 5.41) is 12.7. The number of aryl methyl sites for hydroxylation is 1. The van der Waals surface area contributed by atoms with E-state index in [4.69, 9.17) is 5.11 Å². The highest BCUT2D eigenvalue weighted by atomic mass is 79.9. The summed E-state index contributed by atoms with van der Waals surface area (Å²) in [6.45, 7) is 2.65. The molecular weight excluding hydrogens is 248 g/mol. The third kappa shape index (κ3) is 2.42. The smallest absolute Gasteiger partial charge is 0.182 e. The maximum absolute atomic E-state index is 11.7. The zero-order valence-corrected chi connectivity index (χ0v) is 9.62. The van der Waals surface area contributed by atoms with Crippen LogP contribution in [-0.2, 0) is 6.54 Å². The van der Waals surface area contributed by atoms with Gasteiger partial charge in [-0.15, -0.1) is 0 Å². The van der Waals surface area contributed by atoms with Crippen molar-refractivity contribution in [3.8, 4) is 0 Å². The summed E-state index contributed by atoms with van der Waals surface area (Å²) in [5.41, 5.74) is 0.598. The minimum atomic E-state index is 0.0188. The second-order valence-electron chi connectivity index (χ2n) is 2.91. The molecule has 0 aromatic carbocycles. The van der Waals surface area contributed by atoms with Crippen molar-refractivity contribution in [3.05, 3.63) is 16.4 Å². The molecule has 1 N–H and O–H groups in total. The van der Waals surface area contributed by atoms with Crippen LogP contribution in [0, 0.1) is 0 Å². The van der Waals surface area contributed by atoms with E-state index in [0.29, 0.717) is 25.1 Å². The highest BCUT2D eigenvalue weighted by molar-refractivity contribution is 9.10. The van der Waals surface area contributed by atoms with Gasteiger partial charge in [-0.25, -0.2) is 0 Å². The zero-order chi connectivity index (χ0) is 10.6. The predicted molar refractivity (Wildman–Crippen MR) is 56.3 cm³/mol. The molecule has 0 saturated carbocycles. The fourth-order valence-electron chi connectivity index (χ4n) is 1.24.